The second-order valence-electron chi connectivity index (χ2n) is 16.9. The van der Waals surface area contributed by atoms with Crippen LogP contribution in [0.25, 0.3) is 0 Å². The molecular weight excluding hydrogens is 835 g/mol. The minimum atomic E-state index is -0.0978. The molecule has 0 N–H and O–H groups in total. The lowest BCUT2D eigenvalue weighted by atomic mass is 9.91. The van der Waals surface area contributed by atoms with Crippen LogP contribution in [0.3, 0.4) is 0 Å². The maximum absolute atomic E-state index is 11.8. The summed E-state index contributed by atoms with van der Waals surface area (Å²) < 4.78 is 31.1. The summed E-state index contributed by atoms with van der Waals surface area (Å²) in [4.78, 5) is 39.1. The van der Waals surface area contributed by atoms with Crippen molar-refractivity contribution in [1.82, 2.24) is 14.7 Å². The first-order chi connectivity index (χ1) is 30.3. The fraction of sp³-hybridized carbons (Fsp3) is 0.510. The van der Waals surface area contributed by atoms with Crippen molar-refractivity contribution in [3.63, 3.8) is 0 Å². The summed E-state index contributed by atoms with van der Waals surface area (Å²) in [6, 6.07) is 7.83. The Balaban J connectivity index is 1.33. The topological polar surface area (TPSA) is 115 Å². The van der Waals surface area contributed by atoms with Crippen molar-refractivity contribution in [2.75, 3.05) is 67.0 Å². The quantitative estimate of drug-likeness (QED) is 0.0437. The average molecular weight is 902 g/mol. The molecule has 3 unspecified atom stereocenters. The molecule has 3 aliphatic rings. The zero-order chi connectivity index (χ0) is 45.5. The van der Waals surface area contributed by atoms with Crippen LogP contribution in [0.4, 0.5) is 11.4 Å². The zero-order valence-corrected chi connectivity index (χ0v) is 40.5. The maximum Gasteiger partial charge on any atom is 0.210 e. The highest BCUT2D eigenvalue weighted by Crippen LogP contribution is 2.38. The van der Waals surface area contributed by atoms with Crippen LogP contribution in [-0.4, -0.2) is 130 Å². The summed E-state index contributed by atoms with van der Waals surface area (Å²) in [6.45, 7) is 16.0. The lowest BCUT2D eigenvalue weighted by molar-refractivity contribution is -0.127. The molecule has 1 aliphatic carbocycles. The summed E-state index contributed by atoms with van der Waals surface area (Å²) in [5.74, 6) is 3.08. The van der Waals surface area contributed by atoms with E-state index in [2.05, 4.69) is 57.2 Å². The molecule has 14 heteroatoms. The number of nitrogens with zero attached hydrogens (tertiary/aromatic N) is 5. The Hall–Kier alpha value is -4.66. The van der Waals surface area contributed by atoms with Gasteiger partial charge in [-0.3, -0.25) is 19.6 Å². The van der Waals surface area contributed by atoms with Crippen molar-refractivity contribution in [3.8, 4) is 23.0 Å². The van der Waals surface area contributed by atoms with Crippen LogP contribution < -0.4 is 18.9 Å². The molecule has 0 radical (unpaired) electrons. The molecule has 2 heterocycles. The van der Waals surface area contributed by atoms with E-state index in [9.17, 15) is 9.59 Å². The monoisotopic (exact) mass is 901 g/mol. The number of hydrogen-bond acceptors (Lipinski definition) is 12. The number of likely N-dealkylation sites (N-methyl/N-ethyl adjacent to an activating group) is 1. The number of rotatable bonds is 24. The number of carbonyl (C=O) groups is 2. The van der Waals surface area contributed by atoms with E-state index in [1.165, 1.54) is 5.57 Å². The largest absolute Gasteiger partial charge is 0.493 e. The van der Waals surface area contributed by atoms with Gasteiger partial charge < -0.3 is 38.4 Å². The van der Waals surface area contributed by atoms with E-state index >= 15 is 0 Å². The third kappa shape index (κ3) is 13.9. The molecule has 2 saturated heterocycles. The van der Waals surface area contributed by atoms with Gasteiger partial charge in [-0.05, 0) is 120 Å². The zero-order valence-electron chi connectivity index (χ0n) is 38.8. The third-order valence-electron chi connectivity index (χ3n) is 11.4. The number of allylic oxidation sites excluding steroid dienone is 3. The number of benzene rings is 2. The van der Waals surface area contributed by atoms with E-state index in [1.54, 1.807) is 29.9 Å². The molecule has 0 bridgehead atoms. The first-order valence-electron chi connectivity index (χ1n) is 21.8. The van der Waals surface area contributed by atoms with Gasteiger partial charge in [-0.25, -0.2) is 0 Å². The highest BCUT2D eigenvalue weighted by molar-refractivity contribution is 8.77. The summed E-state index contributed by atoms with van der Waals surface area (Å²) in [6.07, 6.45) is 20.3. The van der Waals surface area contributed by atoms with Crippen LogP contribution in [-0.2, 0) is 14.3 Å². The summed E-state index contributed by atoms with van der Waals surface area (Å²) in [7, 11) is 9.05. The fourth-order valence-electron chi connectivity index (χ4n) is 8.00. The Morgan fingerprint density at radius 1 is 0.889 bits per heavy atom. The number of aliphatic imine (C=N–C) groups is 2. The maximum atomic E-state index is 11.8. The number of methoxy groups -OCH3 is 2. The predicted octanol–water partition coefficient (Wildman–Crippen LogP) is 9.64. The minimum Gasteiger partial charge on any atom is -0.493 e. The Kier molecular flexibility index (Phi) is 18.7. The SMILES string of the molecule is C/C=C1\CC(C=Nc2cc(OCC3=CCC(COc4cc(N=CC5CC(CCC)N5C=O)c(C)cc4OC)=CC(OCCN(C)CC(C)(C)SSC)=C3)c(OC)cc2C)N(C=O)C1. The fourth-order valence-corrected chi connectivity index (χ4v) is 10.2. The molecule has 5 rings (SSSR count). The van der Waals surface area contributed by atoms with Crippen LogP contribution in [0.5, 0.6) is 23.0 Å². The van der Waals surface area contributed by atoms with Gasteiger partial charge in [0.05, 0.1) is 37.7 Å². The Labute approximate surface area is 383 Å². The Bertz CT molecular complexity index is 2080. The van der Waals surface area contributed by atoms with Gasteiger partial charge >= 0.3 is 0 Å². The lowest BCUT2D eigenvalue weighted by Gasteiger charge is -2.44. The lowest BCUT2D eigenvalue weighted by Crippen LogP contribution is -2.55. The highest BCUT2D eigenvalue weighted by atomic mass is 33.1. The second-order valence-corrected chi connectivity index (χ2v) is 20.0. The predicted molar refractivity (Wildman–Crippen MR) is 260 cm³/mol. The van der Waals surface area contributed by atoms with Crippen LogP contribution in [0.15, 0.2) is 81.0 Å². The van der Waals surface area contributed by atoms with E-state index in [1.807, 2.05) is 79.2 Å². The molecule has 0 saturated carbocycles. The van der Waals surface area contributed by atoms with Crippen LogP contribution in [0.2, 0.25) is 0 Å². The second kappa shape index (κ2) is 23.9. The van der Waals surface area contributed by atoms with E-state index in [-0.39, 0.29) is 29.5 Å². The van der Waals surface area contributed by atoms with Crippen molar-refractivity contribution in [3.05, 3.63) is 82.2 Å². The molecular formula is C49H67N5O7S2. The first-order valence-corrected chi connectivity index (χ1v) is 24.3. The van der Waals surface area contributed by atoms with Crippen molar-refractivity contribution < 1.29 is 33.3 Å². The molecule has 0 spiro atoms. The van der Waals surface area contributed by atoms with Gasteiger partial charge in [0.15, 0.2) is 23.0 Å². The van der Waals surface area contributed by atoms with Gasteiger partial charge in [-0.15, -0.1) is 0 Å². The molecule has 63 heavy (non-hydrogen) atoms. The number of ether oxygens (including phenoxy) is 5. The smallest absolute Gasteiger partial charge is 0.210 e. The summed E-state index contributed by atoms with van der Waals surface area (Å²) in [5.41, 5.74) is 6.56. The molecule has 12 nitrogen and oxygen atoms in total. The Morgan fingerprint density at radius 3 is 2.13 bits per heavy atom. The number of hydrogen-bond donors (Lipinski definition) is 0. The molecule has 2 fully saturated rings. The van der Waals surface area contributed by atoms with Crippen molar-refractivity contribution >= 4 is 58.2 Å². The average Bonchev–Trinajstić information content (AvgIpc) is 3.56. The van der Waals surface area contributed by atoms with Crippen molar-refractivity contribution in [1.29, 1.82) is 0 Å². The van der Waals surface area contributed by atoms with E-state index < -0.39 is 0 Å². The van der Waals surface area contributed by atoms with Gasteiger partial charge in [-0.2, -0.15) is 0 Å². The van der Waals surface area contributed by atoms with Crippen LogP contribution in [0.1, 0.15) is 70.9 Å². The van der Waals surface area contributed by atoms with Crippen molar-refractivity contribution in [2.45, 2.75) is 96.5 Å². The summed E-state index contributed by atoms with van der Waals surface area (Å²) >= 11 is 0. The third-order valence-corrected chi connectivity index (χ3v) is 14.0. The molecule has 2 aromatic carbocycles. The van der Waals surface area contributed by atoms with Gasteiger partial charge in [0.25, 0.3) is 0 Å². The molecule has 342 valence electrons. The van der Waals surface area contributed by atoms with E-state index in [4.69, 9.17) is 33.7 Å². The molecule has 2 amide bonds. The van der Waals surface area contributed by atoms with Gasteiger partial charge in [0.1, 0.15) is 25.6 Å². The molecule has 2 aromatic rings. The van der Waals surface area contributed by atoms with Crippen LogP contribution >= 0.6 is 21.6 Å². The highest BCUT2D eigenvalue weighted by Gasteiger charge is 2.35. The summed E-state index contributed by atoms with van der Waals surface area (Å²) in [5, 5.41) is 0. The number of amides is 2. The van der Waals surface area contributed by atoms with E-state index in [0.717, 1.165) is 85.2 Å². The molecule has 2 aliphatic heterocycles. The van der Waals surface area contributed by atoms with Crippen LogP contribution in [0, 0.1) is 13.8 Å². The first kappa shape index (κ1) is 49.4. The van der Waals surface area contributed by atoms with Gasteiger partial charge in [-0.1, -0.05) is 52.7 Å². The normalized spacial score (nSPS) is 19.8. The standard InChI is InChI=1S/C49H67N5O7S2/c1-11-13-39-23-41(54(39)33-56)27-51-44-25-48(46(58-9)19-35(44)4)61-30-38-15-14-37(21-42(22-38)59-17-16-52(7)31-49(5,6)63-62-10)29-60-47-24-43(34(3)18-45(47)57-8)50-26-40-20-36(12-2)28-53(40)32-55/h12,14,18-19,21-22,24-27,32-33,39-41H,11,13,15-17,20,23,28-31H2,1-10H3/b36-12+,50-26?,51-27?. The number of likely N-dealkylation sites (tertiary alicyclic amines) is 2. The minimum absolute atomic E-state index is 0.0105. The number of carbonyl (C=O) groups excluding carboxylic acids is 2. The van der Waals surface area contributed by atoms with E-state index in [0.29, 0.717) is 54.9 Å². The number of aryl methyl sites for hydroxylation is 2. The Morgan fingerprint density at radius 2 is 1.54 bits per heavy atom. The van der Waals surface area contributed by atoms with Gasteiger partial charge in [0, 0.05) is 55.0 Å². The molecule has 0 aromatic heterocycles. The van der Waals surface area contributed by atoms with Crippen molar-refractivity contribution in [2.24, 2.45) is 9.98 Å². The van der Waals surface area contributed by atoms with Gasteiger partial charge in [0.2, 0.25) is 12.8 Å². The molecule has 3 atom stereocenters.